The van der Waals surface area contributed by atoms with Gasteiger partial charge in [0.1, 0.15) is 0 Å². The Bertz CT molecular complexity index is 1240. The molecule has 0 bridgehead atoms. The maximum atomic E-state index is 13.4. The SMILES string of the molecule is CCOC(=O)c1ccc(-c2cc(C(=O)c3c(C)cccc3Cl)n3ccccc23)cc1. The Labute approximate surface area is 179 Å². The van der Waals surface area contributed by atoms with Crippen molar-refractivity contribution in [2.24, 2.45) is 0 Å². The molecular formula is C25H20ClNO3. The van der Waals surface area contributed by atoms with E-state index in [-0.39, 0.29) is 11.8 Å². The van der Waals surface area contributed by atoms with Crippen molar-refractivity contribution in [1.29, 1.82) is 0 Å². The van der Waals surface area contributed by atoms with Crippen LogP contribution in [-0.2, 0) is 4.74 Å². The van der Waals surface area contributed by atoms with E-state index < -0.39 is 0 Å². The Morgan fingerprint density at radius 2 is 1.77 bits per heavy atom. The van der Waals surface area contributed by atoms with Crippen LogP contribution in [0.25, 0.3) is 16.6 Å². The minimum atomic E-state index is -0.351. The van der Waals surface area contributed by atoms with Gasteiger partial charge in [0.05, 0.1) is 28.4 Å². The number of fused-ring (bicyclic) bond motifs is 1. The molecule has 4 rings (SSSR count). The first kappa shape index (κ1) is 19.9. The molecule has 30 heavy (non-hydrogen) atoms. The number of esters is 1. The third-order valence-electron chi connectivity index (χ3n) is 5.07. The lowest BCUT2D eigenvalue weighted by atomic mass is 10.0. The standard InChI is InChI=1S/C25H20ClNO3/c1-3-30-25(29)18-12-10-17(11-13-18)19-15-22(27-14-5-4-9-21(19)27)24(28)23-16(2)7-6-8-20(23)26/h4-15H,3H2,1-2H3. The molecular weight excluding hydrogens is 398 g/mol. The lowest BCUT2D eigenvalue weighted by Crippen LogP contribution is -2.07. The highest BCUT2D eigenvalue weighted by Crippen LogP contribution is 2.31. The number of aromatic nitrogens is 1. The molecule has 0 spiro atoms. The fourth-order valence-corrected chi connectivity index (χ4v) is 3.91. The summed E-state index contributed by atoms with van der Waals surface area (Å²) in [6.07, 6.45) is 1.87. The number of hydrogen-bond donors (Lipinski definition) is 0. The number of nitrogens with zero attached hydrogens (tertiary/aromatic N) is 1. The summed E-state index contributed by atoms with van der Waals surface area (Å²) in [5, 5.41) is 0.436. The van der Waals surface area contributed by atoms with Crippen molar-refractivity contribution in [2.45, 2.75) is 13.8 Å². The van der Waals surface area contributed by atoms with Crippen molar-refractivity contribution in [3.8, 4) is 11.1 Å². The lowest BCUT2D eigenvalue weighted by molar-refractivity contribution is 0.0526. The van der Waals surface area contributed by atoms with E-state index in [2.05, 4.69) is 0 Å². The molecule has 5 heteroatoms. The molecule has 150 valence electrons. The van der Waals surface area contributed by atoms with E-state index in [0.29, 0.717) is 28.5 Å². The number of ether oxygens (including phenoxy) is 1. The van der Waals surface area contributed by atoms with Gasteiger partial charge in [-0.05, 0) is 61.4 Å². The number of hydrogen-bond acceptors (Lipinski definition) is 3. The number of carbonyl (C=O) groups is 2. The Morgan fingerprint density at radius 3 is 2.47 bits per heavy atom. The maximum absolute atomic E-state index is 13.4. The average Bonchev–Trinajstić information content (AvgIpc) is 3.13. The molecule has 0 amide bonds. The van der Waals surface area contributed by atoms with Crippen LogP contribution >= 0.6 is 11.6 Å². The molecule has 4 aromatic rings. The predicted octanol–water partition coefficient (Wildman–Crippen LogP) is 5.98. The van der Waals surface area contributed by atoms with Crippen LogP contribution in [0.2, 0.25) is 5.02 Å². The van der Waals surface area contributed by atoms with Gasteiger partial charge in [0.25, 0.3) is 0 Å². The van der Waals surface area contributed by atoms with Gasteiger partial charge in [0.15, 0.2) is 0 Å². The number of ketones is 1. The van der Waals surface area contributed by atoms with Gasteiger partial charge in [-0.3, -0.25) is 4.79 Å². The third kappa shape index (κ3) is 3.51. The minimum Gasteiger partial charge on any atom is -0.462 e. The lowest BCUT2D eigenvalue weighted by Gasteiger charge is -2.07. The van der Waals surface area contributed by atoms with Gasteiger partial charge < -0.3 is 9.14 Å². The first-order chi connectivity index (χ1) is 14.5. The molecule has 0 aliphatic carbocycles. The molecule has 0 fully saturated rings. The summed E-state index contributed by atoms with van der Waals surface area (Å²) in [7, 11) is 0. The monoisotopic (exact) mass is 417 g/mol. The van der Waals surface area contributed by atoms with E-state index in [1.165, 1.54) is 0 Å². The van der Waals surface area contributed by atoms with Gasteiger partial charge in [-0.25, -0.2) is 4.79 Å². The minimum absolute atomic E-state index is 0.131. The number of benzene rings is 2. The zero-order chi connectivity index (χ0) is 21.3. The van der Waals surface area contributed by atoms with Crippen LogP contribution in [-0.4, -0.2) is 22.8 Å². The second-order valence-electron chi connectivity index (χ2n) is 6.96. The maximum Gasteiger partial charge on any atom is 0.338 e. The summed E-state index contributed by atoms with van der Waals surface area (Å²) < 4.78 is 6.93. The molecule has 2 heterocycles. The summed E-state index contributed by atoms with van der Waals surface area (Å²) in [5.41, 5.74) is 5.07. The van der Waals surface area contributed by atoms with Crippen LogP contribution in [0.5, 0.6) is 0 Å². The van der Waals surface area contributed by atoms with Crippen LogP contribution in [0.15, 0.2) is 72.9 Å². The Balaban J connectivity index is 1.82. The van der Waals surface area contributed by atoms with Crippen molar-refractivity contribution < 1.29 is 14.3 Å². The van der Waals surface area contributed by atoms with Gasteiger partial charge in [0, 0.05) is 17.3 Å². The van der Waals surface area contributed by atoms with E-state index in [9.17, 15) is 9.59 Å². The second kappa shape index (κ2) is 8.17. The highest BCUT2D eigenvalue weighted by atomic mass is 35.5. The van der Waals surface area contributed by atoms with Crippen LogP contribution in [0.3, 0.4) is 0 Å². The largest absolute Gasteiger partial charge is 0.462 e. The number of pyridine rings is 1. The first-order valence-electron chi connectivity index (χ1n) is 9.68. The molecule has 0 aliphatic rings. The summed E-state index contributed by atoms with van der Waals surface area (Å²) in [5.74, 6) is -0.482. The van der Waals surface area contributed by atoms with Gasteiger partial charge in [-0.1, -0.05) is 41.9 Å². The fourth-order valence-electron chi connectivity index (χ4n) is 3.61. The Morgan fingerprint density at radius 1 is 1.00 bits per heavy atom. The quantitative estimate of drug-likeness (QED) is 0.296. The van der Waals surface area contributed by atoms with Crippen molar-refractivity contribution in [3.05, 3.63) is 100 Å². The van der Waals surface area contributed by atoms with Crippen molar-refractivity contribution in [2.75, 3.05) is 6.61 Å². The van der Waals surface area contributed by atoms with E-state index in [4.69, 9.17) is 16.3 Å². The molecule has 2 aromatic heterocycles. The zero-order valence-corrected chi connectivity index (χ0v) is 17.4. The molecule has 0 aliphatic heterocycles. The molecule has 0 N–H and O–H groups in total. The molecule has 4 nitrogen and oxygen atoms in total. The molecule has 2 aromatic carbocycles. The molecule has 0 radical (unpaired) electrons. The average molecular weight is 418 g/mol. The van der Waals surface area contributed by atoms with Crippen LogP contribution < -0.4 is 0 Å². The summed E-state index contributed by atoms with van der Waals surface area (Å²) in [4.78, 5) is 25.3. The highest BCUT2D eigenvalue weighted by Gasteiger charge is 2.21. The summed E-state index contributed by atoms with van der Waals surface area (Å²) in [6, 6.07) is 20.3. The van der Waals surface area contributed by atoms with Gasteiger partial charge in [-0.2, -0.15) is 0 Å². The van der Waals surface area contributed by atoms with Gasteiger partial charge in [-0.15, -0.1) is 0 Å². The summed E-state index contributed by atoms with van der Waals surface area (Å²) >= 11 is 6.35. The highest BCUT2D eigenvalue weighted by molar-refractivity contribution is 6.35. The molecule has 0 saturated heterocycles. The van der Waals surface area contributed by atoms with Gasteiger partial charge in [0.2, 0.25) is 5.78 Å². The number of rotatable bonds is 5. The molecule has 0 atom stereocenters. The third-order valence-corrected chi connectivity index (χ3v) is 5.38. The van der Waals surface area contributed by atoms with Crippen LogP contribution in [0.4, 0.5) is 0 Å². The van der Waals surface area contributed by atoms with Gasteiger partial charge >= 0.3 is 5.97 Å². The number of aryl methyl sites for hydroxylation is 1. The van der Waals surface area contributed by atoms with Crippen molar-refractivity contribution >= 4 is 28.9 Å². The van der Waals surface area contributed by atoms with Crippen molar-refractivity contribution in [1.82, 2.24) is 4.40 Å². The van der Waals surface area contributed by atoms with E-state index in [1.54, 1.807) is 25.1 Å². The fraction of sp³-hybridized carbons (Fsp3) is 0.120. The Hall–Kier alpha value is -3.37. The van der Waals surface area contributed by atoms with Crippen LogP contribution in [0, 0.1) is 6.92 Å². The Kier molecular flexibility index (Phi) is 5.42. The predicted molar refractivity (Wildman–Crippen MR) is 118 cm³/mol. The van der Waals surface area contributed by atoms with E-state index >= 15 is 0 Å². The smallest absolute Gasteiger partial charge is 0.338 e. The van der Waals surface area contributed by atoms with E-state index in [0.717, 1.165) is 22.2 Å². The van der Waals surface area contributed by atoms with Crippen molar-refractivity contribution in [3.63, 3.8) is 0 Å². The summed E-state index contributed by atoms with van der Waals surface area (Å²) in [6.45, 7) is 3.99. The molecule has 0 unspecified atom stereocenters. The van der Waals surface area contributed by atoms with Crippen LogP contribution in [0.1, 0.15) is 38.9 Å². The zero-order valence-electron chi connectivity index (χ0n) is 16.7. The number of halogens is 1. The number of carbonyl (C=O) groups excluding carboxylic acids is 2. The molecule has 0 saturated carbocycles. The van der Waals surface area contributed by atoms with E-state index in [1.807, 2.05) is 66.1 Å². The first-order valence-corrected chi connectivity index (χ1v) is 10.1. The second-order valence-corrected chi connectivity index (χ2v) is 7.37. The normalized spacial score (nSPS) is 10.9. The topological polar surface area (TPSA) is 47.8 Å².